The Balaban J connectivity index is 2.85. The van der Waals surface area contributed by atoms with E-state index >= 15 is 0 Å². The number of hydrogen-bond acceptors (Lipinski definition) is 4. The van der Waals surface area contributed by atoms with Crippen LogP contribution in [0.15, 0.2) is 17.2 Å². The first-order chi connectivity index (χ1) is 8.71. The second-order valence-corrected chi connectivity index (χ2v) is 5.60. The molecule has 0 saturated heterocycles. The number of rotatable bonds is 5. The van der Waals surface area contributed by atoms with Gasteiger partial charge in [0, 0.05) is 30.4 Å². The molecule has 0 spiro atoms. The summed E-state index contributed by atoms with van der Waals surface area (Å²) in [6.07, 6.45) is 3.73. The van der Waals surface area contributed by atoms with Crippen molar-refractivity contribution in [3.05, 3.63) is 22.7 Å². The highest BCUT2D eigenvalue weighted by Gasteiger charge is 2.17. The van der Waals surface area contributed by atoms with E-state index in [9.17, 15) is 9.59 Å². The predicted octanol–water partition coefficient (Wildman–Crippen LogP) is 1.66. The van der Waals surface area contributed by atoms with E-state index in [4.69, 9.17) is 5.11 Å². The molecule has 1 unspecified atom stereocenters. The molecular formula is C13H21N3O3. The number of carboxylic acid groups (broad SMARTS) is 1. The molecule has 1 rings (SSSR count). The molecule has 0 aliphatic heterocycles. The highest BCUT2D eigenvalue weighted by Crippen LogP contribution is 2.11. The van der Waals surface area contributed by atoms with Gasteiger partial charge < -0.3 is 15.0 Å². The Hall–Kier alpha value is -1.85. The van der Waals surface area contributed by atoms with Crippen LogP contribution in [0.5, 0.6) is 0 Å². The van der Waals surface area contributed by atoms with Crippen LogP contribution in [0.4, 0.5) is 5.82 Å². The summed E-state index contributed by atoms with van der Waals surface area (Å²) < 4.78 is 1.60. The molecule has 1 atom stereocenters. The molecule has 106 valence electrons. The normalized spacial score (nSPS) is 13.1. The Kier molecular flexibility index (Phi) is 4.69. The number of carbonyl (C=O) groups is 1. The van der Waals surface area contributed by atoms with Gasteiger partial charge in [0.1, 0.15) is 0 Å². The van der Waals surface area contributed by atoms with Gasteiger partial charge in [-0.1, -0.05) is 0 Å². The zero-order valence-corrected chi connectivity index (χ0v) is 11.8. The Bertz CT molecular complexity index is 503. The maximum Gasteiger partial charge on any atom is 0.303 e. The van der Waals surface area contributed by atoms with Crippen LogP contribution < -0.4 is 10.9 Å². The molecule has 0 radical (unpaired) electrons. The van der Waals surface area contributed by atoms with Crippen LogP contribution >= 0.6 is 0 Å². The maximum absolute atomic E-state index is 12.2. The van der Waals surface area contributed by atoms with Gasteiger partial charge in [-0.15, -0.1) is 0 Å². The number of nitrogens with one attached hydrogen (secondary N) is 1. The van der Waals surface area contributed by atoms with Crippen LogP contribution in [0.1, 0.15) is 40.5 Å². The quantitative estimate of drug-likeness (QED) is 0.847. The molecule has 0 amide bonds. The van der Waals surface area contributed by atoms with Gasteiger partial charge in [-0.25, -0.2) is 4.98 Å². The number of anilines is 1. The van der Waals surface area contributed by atoms with Crippen molar-refractivity contribution in [2.24, 2.45) is 0 Å². The van der Waals surface area contributed by atoms with E-state index in [-0.39, 0.29) is 29.4 Å². The zero-order chi connectivity index (χ0) is 14.6. The summed E-state index contributed by atoms with van der Waals surface area (Å²) >= 11 is 0. The largest absolute Gasteiger partial charge is 0.481 e. The highest BCUT2D eigenvalue weighted by atomic mass is 16.4. The predicted molar refractivity (Wildman–Crippen MR) is 73.4 cm³/mol. The fourth-order valence-corrected chi connectivity index (χ4v) is 1.68. The molecular weight excluding hydrogens is 246 g/mol. The fourth-order valence-electron chi connectivity index (χ4n) is 1.68. The van der Waals surface area contributed by atoms with E-state index in [2.05, 4.69) is 10.3 Å². The van der Waals surface area contributed by atoms with Gasteiger partial charge in [0.2, 0.25) is 0 Å². The lowest BCUT2D eigenvalue weighted by molar-refractivity contribution is -0.137. The molecule has 1 aromatic rings. The minimum Gasteiger partial charge on any atom is -0.481 e. The zero-order valence-electron chi connectivity index (χ0n) is 11.8. The lowest BCUT2D eigenvalue weighted by atomic mass is 10.1. The molecule has 0 aliphatic rings. The molecule has 0 aliphatic carbocycles. The third-order valence-corrected chi connectivity index (χ3v) is 2.74. The van der Waals surface area contributed by atoms with Crippen molar-refractivity contribution in [1.29, 1.82) is 0 Å². The monoisotopic (exact) mass is 267 g/mol. The Morgan fingerprint density at radius 3 is 2.68 bits per heavy atom. The van der Waals surface area contributed by atoms with E-state index in [1.807, 2.05) is 27.7 Å². The lowest BCUT2D eigenvalue weighted by Gasteiger charge is -2.23. The van der Waals surface area contributed by atoms with Crippen molar-refractivity contribution in [2.75, 3.05) is 5.32 Å². The first-order valence-electron chi connectivity index (χ1n) is 6.28. The van der Waals surface area contributed by atoms with Crippen molar-refractivity contribution >= 4 is 11.8 Å². The standard InChI is InChI=1S/C13H21N3O3/c1-9(5-6-10(17)18)15-11-12(19)16(8-7-14-11)13(2,3)4/h7-9H,5-6H2,1-4H3,(H,14,15)(H,17,18). The average Bonchev–Trinajstić information content (AvgIpc) is 2.27. The summed E-state index contributed by atoms with van der Waals surface area (Å²) in [6, 6.07) is -0.118. The molecule has 0 aromatic carbocycles. The minimum absolute atomic E-state index is 0.0639. The molecule has 6 nitrogen and oxygen atoms in total. The molecule has 1 heterocycles. The van der Waals surface area contributed by atoms with Crippen molar-refractivity contribution < 1.29 is 9.90 Å². The fraction of sp³-hybridized carbons (Fsp3) is 0.615. The van der Waals surface area contributed by atoms with Crippen LogP contribution in [-0.2, 0) is 10.3 Å². The van der Waals surface area contributed by atoms with Gasteiger partial charge in [0.15, 0.2) is 5.82 Å². The number of aromatic nitrogens is 2. The Morgan fingerprint density at radius 1 is 1.53 bits per heavy atom. The van der Waals surface area contributed by atoms with Crippen LogP contribution in [0.3, 0.4) is 0 Å². The topological polar surface area (TPSA) is 84.2 Å². The number of hydrogen-bond donors (Lipinski definition) is 2. The van der Waals surface area contributed by atoms with Crippen LogP contribution in [-0.4, -0.2) is 26.7 Å². The third kappa shape index (κ3) is 4.39. The van der Waals surface area contributed by atoms with Gasteiger partial charge in [-0.05, 0) is 34.1 Å². The third-order valence-electron chi connectivity index (χ3n) is 2.74. The SMILES string of the molecule is CC(CCC(=O)O)Nc1nccn(C(C)(C)C)c1=O. The summed E-state index contributed by atoms with van der Waals surface area (Å²) in [7, 11) is 0. The maximum atomic E-state index is 12.2. The van der Waals surface area contributed by atoms with Crippen molar-refractivity contribution in [3.8, 4) is 0 Å². The smallest absolute Gasteiger partial charge is 0.303 e. The van der Waals surface area contributed by atoms with E-state index in [1.165, 1.54) is 0 Å². The molecule has 2 N–H and O–H groups in total. The second kappa shape index (κ2) is 5.86. The Labute approximate surface area is 112 Å². The highest BCUT2D eigenvalue weighted by molar-refractivity contribution is 5.66. The molecule has 0 bridgehead atoms. The van der Waals surface area contributed by atoms with E-state index < -0.39 is 5.97 Å². The van der Waals surface area contributed by atoms with Crippen molar-refractivity contribution in [2.45, 2.75) is 52.1 Å². The summed E-state index contributed by atoms with van der Waals surface area (Å²) in [6.45, 7) is 7.64. The molecule has 6 heteroatoms. The van der Waals surface area contributed by atoms with Crippen LogP contribution in [0, 0.1) is 0 Å². The summed E-state index contributed by atoms with van der Waals surface area (Å²) in [5.41, 5.74) is -0.516. The molecule has 19 heavy (non-hydrogen) atoms. The Morgan fingerprint density at radius 2 is 2.16 bits per heavy atom. The number of carboxylic acids is 1. The molecule has 1 aromatic heterocycles. The van der Waals surface area contributed by atoms with Crippen molar-refractivity contribution in [3.63, 3.8) is 0 Å². The van der Waals surface area contributed by atoms with Gasteiger partial charge >= 0.3 is 5.97 Å². The first kappa shape index (κ1) is 15.2. The van der Waals surface area contributed by atoms with E-state index in [0.29, 0.717) is 6.42 Å². The van der Waals surface area contributed by atoms with Crippen LogP contribution in [0.2, 0.25) is 0 Å². The van der Waals surface area contributed by atoms with Gasteiger partial charge in [0.25, 0.3) is 5.56 Å². The van der Waals surface area contributed by atoms with Crippen molar-refractivity contribution in [1.82, 2.24) is 9.55 Å². The van der Waals surface area contributed by atoms with Gasteiger partial charge in [-0.3, -0.25) is 9.59 Å². The average molecular weight is 267 g/mol. The number of nitrogens with zero attached hydrogens (tertiary/aromatic N) is 2. The summed E-state index contributed by atoms with van der Waals surface area (Å²) in [5.74, 6) is -0.586. The van der Waals surface area contributed by atoms with Crippen LogP contribution in [0.25, 0.3) is 0 Å². The molecule has 0 saturated carbocycles. The summed E-state index contributed by atoms with van der Waals surface area (Å²) in [4.78, 5) is 26.7. The van der Waals surface area contributed by atoms with E-state index in [1.54, 1.807) is 17.0 Å². The van der Waals surface area contributed by atoms with E-state index in [0.717, 1.165) is 0 Å². The van der Waals surface area contributed by atoms with Gasteiger partial charge in [-0.2, -0.15) is 0 Å². The first-order valence-corrected chi connectivity index (χ1v) is 6.28. The van der Waals surface area contributed by atoms with Gasteiger partial charge in [0.05, 0.1) is 0 Å². The lowest BCUT2D eigenvalue weighted by Crippen LogP contribution is -2.36. The minimum atomic E-state index is -0.846. The second-order valence-electron chi connectivity index (χ2n) is 5.60. The molecule has 0 fully saturated rings. The number of aliphatic carboxylic acids is 1. The summed E-state index contributed by atoms with van der Waals surface area (Å²) in [5, 5.41) is 11.6.